The highest BCUT2D eigenvalue weighted by Crippen LogP contribution is 2.17. The van der Waals surface area contributed by atoms with Crippen LogP contribution in [0.4, 0.5) is 9.80 Å². The first-order chi connectivity index (χ1) is 6.25. The number of urea groups is 1. The zero-order valence-corrected chi connectivity index (χ0v) is 7.75. The van der Waals surface area contributed by atoms with E-state index in [0.29, 0.717) is 13.1 Å². The second kappa shape index (κ2) is 3.35. The molecule has 2 heterocycles. The third kappa shape index (κ3) is 1.81. The summed E-state index contributed by atoms with van der Waals surface area (Å²) in [7, 11) is 0. The molecule has 1 saturated heterocycles. The van der Waals surface area contributed by atoms with Gasteiger partial charge in [-0.1, -0.05) is 0 Å². The van der Waals surface area contributed by atoms with Crippen molar-refractivity contribution in [3.8, 4) is 0 Å². The van der Waals surface area contributed by atoms with Gasteiger partial charge in [-0.2, -0.15) is 0 Å². The summed E-state index contributed by atoms with van der Waals surface area (Å²) in [5.74, 6) is 0. The molecular formula is C8H10N2O2S. The molecule has 2 N–H and O–H groups in total. The minimum absolute atomic E-state index is 0.132. The molecule has 0 aromatic carbocycles. The fourth-order valence-corrected chi connectivity index (χ4v) is 1.76. The smallest absolute Gasteiger partial charge is 0.322 e. The predicted octanol–water partition coefficient (Wildman–Crippen LogP) is 0.956. The summed E-state index contributed by atoms with van der Waals surface area (Å²) in [6.45, 7) is 0.883. The van der Waals surface area contributed by atoms with Crippen LogP contribution in [-0.4, -0.2) is 35.2 Å². The number of β-amino-alcohol motifs (C(OH)–C–C–N with tert-alkyl or cyclic N) is 1. The molecule has 1 aromatic rings. The maximum Gasteiger partial charge on any atom is 0.322 e. The Morgan fingerprint density at radius 1 is 1.69 bits per heavy atom. The van der Waals surface area contributed by atoms with Crippen LogP contribution in [0, 0.1) is 0 Å². The molecule has 0 atom stereocenters. The van der Waals surface area contributed by atoms with Gasteiger partial charge >= 0.3 is 6.03 Å². The van der Waals surface area contributed by atoms with Crippen molar-refractivity contribution >= 4 is 22.4 Å². The van der Waals surface area contributed by atoms with Gasteiger partial charge < -0.3 is 10.0 Å². The number of carbonyl (C=O) groups excluding carboxylic acids is 1. The molecule has 13 heavy (non-hydrogen) atoms. The van der Waals surface area contributed by atoms with E-state index >= 15 is 0 Å². The van der Waals surface area contributed by atoms with E-state index in [2.05, 4.69) is 5.32 Å². The van der Waals surface area contributed by atoms with Gasteiger partial charge in [0.15, 0.2) is 0 Å². The van der Waals surface area contributed by atoms with Crippen LogP contribution in [0.2, 0.25) is 0 Å². The molecule has 4 nitrogen and oxygen atoms in total. The third-order valence-electron chi connectivity index (χ3n) is 1.90. The lowest BCUT2D eigenvalue weighted by molar-refractivity contribution is 0.0309. The molecule has 0 saturated carbocycles. The second-order valence-electron chi connectivity index (χ2n) is 2.97. The number of amides is 2. The van der Waals surface area contributed by atoms with E-state index in [0.717, 1.165) is 5.00 Å². The van der Waals surface area contributed by atoms with Gasteiger partial charge in [-0.3, -0.25) is 5.32 Å². The minimum atomic E-state index is -0.339. The summed E-state index contributed by atoms with van der Waals surface area (Å²) in [5.41, 5.74) is 0. The Bertz CT molecular complexity index is 293. The van der Waals surface area contributed by atoms with E-state index in [1.165, 1.54) is 11.3 Å². The van der Waals surface area contributed by atoms with Gasteiger partial charge in [0.1, 0.15) is 0 Å². The van der Waals surface area contributed by atoms with Gasteiger partial charge in [0.25, 0.3) is 0 Å². The number of hydrogen-bond donors (Lipinski definition) is 2. The lowest BCUT2D eigenvalue weighted by atomic mass is 10.2. The first kappa shape index (κ1) is 8.52. The Hall–Kier alpha value is -1.07. The van der Waals surface area contributed by atoms with Crippen LogP contribution >= 0.6 is 11.3 Å². The number of aliphatic hydroxyl groups excluding tert-OH is 1. The molecule has 0 radical (unpaired) electrons. The number of nitrogens with zero attached hydrogens (tertiary/aromatic N) is 1. The lowest BCUT2D eigenvalue weighted by Crippen LogP contribution is -2.54. The van der Waals surface area contributed by atoms with Crippen LogP contribution in [0.5, 0.6) is 0 Å². The highest BCUT2D eigenvalue weighted by molar-refractivity contribution is 7.14. The van der Waals surface area contributed by atoms with Gasteiger partial charge in [-0.25, -0.2) is 4.79 Å². The normalized spacial score (nSPS) is 16.8. The van der Waals surface area contributed by atoms with Crippen molar-refractivity contribution in [2.75, 3.05) is 18.4 Å². The highest BCUT2D eigenvalue weighted by Gasteiger charge is 2.28. The Morgan fingerprint density at radius 2 is 2.46 bits per heavy atom. The first-order valence-corrected chi connectivity index (χ1v) is 4.91. The number of aliphatic hydroxyl groups is 1. The average molecular weight is 198 g/mol. The molecule has 1 aromatic heterocycles. The molecule has 0 spiro atoms. The molecule has 1 aliphatic rings. The van der Waals surface area contributed by atoms with Crippen molar-refractivity contribution in [3.05, 3.63) is 17.5 Å². The SMILES string of the molecule is O=C(Nc1cccs1)N1CC(O)C1. The Morgan fingerprint density at radius 3 is 3.00 bits per heavy atom. The number of carbonyl (C=O) groups is 1. The van der Waals surface area contributed by atoms with Crippen molar-refractivity contribution in [1.29, 1.82) is 0 Å². The zero-order valence-electron chi connectivity index (χ0n) is 6.93. The molecule has 0 bridgehead atoms. The van der Waals surface area contributed by atoms with Crippen molar-refractivity contribution in [1.82, 2.24) is 4.90 Å². The zero-order chi connectivity index (χ0) is 9.26. The fraction of sp³-hybridized carbons (Fsp3) is 0.375. The number of rotatable bonds is 1. The second-order valence-corrected chi connectivity index (χ2v) is 3.91. The first-order valence-electron chi connectivity index (χ1n) is 4.03. The standard InChI is InChI=1S/C8H10N2O2S/c11-6-4-10(5-6)8(12)9-7-2-1-3-13-7/h1-3,6,11H,4-5H2,(H,9,12). The van der Waals surface area contributed by atoms with E-state index in [9.17, 15) is 4.79 Å². The largest absolute Gasteiger partial charge is 0.389 e. The average Bonchev–Trinajstić information content (AvgIpc) is 2.51. The van der Waals surface area contributed by atoms with Gasteiger partial charge in [0, 0.05) is 0 Å². The van der Waals surface area contributed by atoms with Gasteiger partial charge in [-0.15, -0.1) is 11.3 Å². The summed E-state index contributed by atoms with van der Waals surface area (Å²) in [4.78, 5) is 12.9. The van der Waals surface area contributed by atoms with Crippen LogP contribution in [0.15, 0.2) is 17.5 Å². The molecule has 2 amide bonds. The number of anilines is 1. The molecular weight excluding hydrogens is 188 g/mol. The number of nitrogens with one attached hydrogen (secondary N) is 1. The molecule has 1 aliphatic heterocycles. The summed E-state index contributed by atoms with van der Waals surface area (Å²) < 4.78 is 0. The van der Waals surface area contributed by atoms with Crippen LogP contribution in [0.3, 0.4) is 0 Å². The van der Waals surface area contributed by atoms with Gasteiger partial charge in [-0.05, 0) is 17.5 Å². The lowest BCUT2D eigenvalue weighted by Gasteiger charge is -2.35. The molecule has 5 heteroatoms. The van der Waals surface area contributed by atoms with Gasteiger partial charge in [0.05, 0.1) is 24.2 Å². The topological polar surface area (TPSA) is 52.6 Å². The Labute approximate surface area is 79.8 Å². The van der Waals surface area contributed by atoms with Crippen LogP contribution in [-0.2, 0) is 0 Å². The number of likely N-dealkylation sites (tertiary alicyclic amines) is 1. The van der Waals surface area contributed by atoms with E-state index in [1.54, 1.807) is 4.90 Å². The van der Waals surface area contributed by atoms with Crippen molar-refractivity contribution in [2.24, 2.45) is 0 Å². The quantitative estimate of drug-likeness (QED) is 0.706. The molecule has 0 unspecified atom stereocenters. The maximum absolute atomic E-state index is 11.3. The van der Waals surface area contributed by atoms with E-state index in [-0.39, 0.29) is 12.1 Å². The van der Waals surface area contributed by atoms with Crippen LogP contribution in [0.1, 0.15) is 0 Å². The summed E-state index contributed by atoms with van der Waals surface area (Å²) in [6.07, 6.45) is -0.339. The molecule has 70 valence electrons. The monoisotopic (exact) mass is 198 g/mol. The van der Waals surface area contributed by atoms with E-state index in [4.69, 9.17) is 5.11 Å². The number of hydrogen-bond acceptors (Lipinski definition) is 3. The third-order valence-corrected chi connectivity index (χ3v) is 2.69. The molecule has 2 rings (SSSR count). The molecule has 0 aliphatic carbocycles. The van der Waals surface area contributed by atoms with Crippen LogP contribution < -0.4 is 5.32 Å². The van der Waals surface area contributed by atoms with Crippen molar-refractivity contribution < 1.29 is 9.90 Å². The highest BCUT2D eigenvalue weighted by atomic mass is 32.1. The van der Waals surface area contributed by atoms with Crippen LogP contribution in [0.25, 0.3) is 0 Å². The number of thiophene rings is 1. The fourth-order valence-electron chi connectivity index (χ4n) is 1.16. The summed E-state index contributed by atoms with van der Waals surface area (Å²) in [6, 6.07) is 3.59. The van der Waals surface area contributed by atoms with E-state index in [1.807, 2.05) is 17.5 Å². The van der Waals surface area contributed by atoms with E-state index < -0.39 is 0 Å². The summed E-state index contributed by atoms with van der Waals surface area (Å²) in [5, 5.41) is 14.5. The van der Waals surface area contributed by atoms with Crippen molar-refractivity contribution in [2.45, 2.75) is 6.10 Å². The Kier molecular flexibility index (Phi) is 2.20. The van der Waals surface area contributed by atoms with Crippen molar-refractivity contribution in [3.63, 3.8) is 0 Å². The maximum atomic E-state index is 11.3. The predicted molar refractivity (Wildman–Crippen MR) is 50.9 cm³/mol. The molecule has 1 fully saturated rings. The minimum Gasteiger partial charge on any atom is -0.389 e. The Balaban J connectivity index is 1.86. The van der Waals surface area contributed by atoms with Gasteiger partial charge in [0.2, 0.25) is 0 Å². The summed E-state index contributed by atoms with van der Waals surface area (Å²) >= 11 is 1.48.